The Morgan fingerprint density at radius 3 is 2.26 bits per heavy atom. The minimum atomic E-state index is -1.09. The van der Waals surface area contributed by atoms with E-state index in [1.807, 2.05) is 0 Å². The van der Waals surface area contributed by atoms with Crippen molar-refractivity contribution in [3.63, 3.8) is 0 Å². The average Bonchev–Trinajstić information content (AvgIpc) is 2.44. The Balaban J connectivity index is 2.81. The molecular weight excluding hydrogens is 242 g/mol. The van der Waals surface area contributed by atoms with Crippen LogP contribution in [0.2, 0.25) is 0 Å². The van der Waals surface area contributed by atoms with Gasteiger partial charge in [-0.15, -0.1) is 0 Å². The summed E-state index contributed by atoms with van der Waals surface area (Å²) in [5.41, 5.74) is -1.76. The molecule has 1 atom stereocenters. The zero-order valence-corrected chi connectivity index (χ0v) is 12.6. The van der Waals surface area contributed by atoms with E-state index >= 15 is 0 Å². The van der Waals surface area contributed by atoms with E-state index in [9.17, 15) is 10.4 Å². The number of rotatable bonds is 6. The van der Waals surface area contributed by atoms with Crippen molar-refractivity contribution in [2.24, 2.45) is 11.3 Å². The van der Waals surface area contributed by atoms with Crippen LogP contribution in [0, 0.1) is 22.7 Å². The van der Waals surface area contributed by atoms with Crippen LogP contribution in [0.25, 0.3) is 0 Å². The van der Waals surface area contributed by atoms with Crippen LogP contribution in [0.3, 0.4) is 0 Å². The summed E-state index contributed by atoms with van der Waals surface area (Å²) in [5.74, 6) is 0.693. The van der Waals surface area contributed by atoms with E-state index in [-0.39, 0.29) is 0 Å². The fraction of sp³-hybridized carbons (Fsp3) is 0.933. The second kappa shape index (κ2) is 6.69. The second-order valence-corrected chi connectivity index (χ2v) is 5.92. The van der Waals surface area contributed by atoms with Crippen LogP contribution in [0.5, 0.6) is 0 Å². The van der Waals surface area contributed by atoms with Gasteiger partial charge in [0.1, 0.15) is 0 Å². The summed E-state index contributed by atoms with van der Waals surface area (Å²) in [4.78, 5) is 0. The first-order chi connectivity index (χ1) is 8.94. The van der Waals surface area contributed by atoms with E-state index in [0.29, 0.717) is 12.3 Å². The molecule has 19 heavy (non-hydrogen) atoms. The van der Waals surface area contributed by atoms with Gasteiger partial charge < -0.3 is 14.6 Å². The highest BCUT2D eigenvalue weighted by Gasteiger charge is 2.50. The number of ether oxygens (including phenoxy) is 2. The van der Waals surface area contributed by atoms with Crippen molar-refractivity contribution < 1.29 is 14.6 Å². The van der Waals surface area contributed by atoms with Crippen molar-refractivity contribution in [1.29, 1.82) is 5.26 Å². The molecule has 0 aromatic carbocycles. The molecule has 110 valence electrons. The molecular formula is C15H27NO3. The highest BCUT2D eigenvalue weighted by molar-refractivity contribution is 5.11. The summed E-state index contributed by atoms with van der Waals surface area (Å²) < 4.78 is 10.3. The minimum absolute atomic E-state index is 0.324. The van der Waals surface area contributed by atoms with Crippen LogP contribution in [0.1, 0.15) is 52.4 Å². The molecule has 0 aliphatic heterocycles. The maximum absolute atomic E-state index is 10.8. The largest absolute Gasteiger partial charge is 0.388 e. The lowest BCUT2D eigenvalue weighted by Crippen LogP contribution is -2.49. The Morgan fingerprint density at radius 1 is 1.37 bits per heavy atom. The lowest BCUT2D eigenvalue weighted by molar-refractivity contribution is -0.167. The molecule has 1 unspecified atom stereocenters. The number of aliphatic hydroxyl groups is 1. The molecule has 1 aliphatic carbocycles. The molecule has 0 aromatic heterocycles. The third-order valence-corrected chi connectivity index (χ3v) is 4.87. The van der Waals surface area contributed by atoms with Crippen LogP contribution in [-0.4, -0.2) is 31.2 Å². The van der Waals surface area contributed by atoms with Crippen molar-refractivity contribution in [1.82, 2.24) is 0 Å². The van der Waals surface area contributed by atoms with E-state index in [1.54, 1.807) is 21.1 Å². The maximum atomic E-state index is 10.8. The van der Waals surface area contributed by atoms with Gasteiger partial charge in [0.2, 0.25) is 0 Å². The molecule has 0 saturated heterocycles. The molecule has 0 aromatic rings. The smallest absolute Gasteiger partial charge is 0.159 e. The van der Waals surface area contributed by atoms with Gasteiger partial charge in [-0.1, -0.05) is 13.3 Å². The molecule has 0 bridgehead atoms. The van der Waals surface area contributed by atoms with Gasteiger partial charge in [0.05, 0.1) is 17.1 Å². The van der Waals surface area contributed by atoms with Gasteiger partial charge >= 0.3 is 0 Å². The third-order valence-electron chi connectivity index (χ3n) is 4.87. The predicted octanol–water partition coefficient (Wildman–Crippen LogP) is 2.86. The Kier molecular flexibility index (Phi) is 5.79. The van der Waals surface area contributed by atoms with Gasteiger partial charge in [-0.05, 0) is 38.5 Å². The predicted molar refractivity (Wildman–Crippen MR) is 73.3 cm³/mol. The van der Waals surface area contributed by atoms with Gasteiger partial charge in [0.25, 0.3) is 0 Å². The molecule has 1 fully saturated rings. The normalized spacial score (nSPS) is 30.9. The molecule has 0 radical (unpaired) electrons. The summed E-state index contributed by atoms with van der Waals surface area (Å²) in [6, 6.07) is 2.39. The number of methoxy groups -OCH3 is 2. The minimum Gasteiger partial charge on any atom is -0.388 e. The van der Waals surface area contributed by atoms with Crippen LogP contribution >= 0.6 is 0 Å². The summed E-state index contributed by atoms with van der Waals surface area (Å²) in [6.07, 6.45) is 4.57. The van der Waals surface area contributed by atoms with E-state index < -0.39 is 17.3 Å². The van der Waals surface area contributed by atoms with Gasteiger partial charge in [0, 0.05) is 20.6 Å². The monoisotopic (exact) mass is 269 g/mol. The van der Waals surface area contributed by atoms with Crippen molar-refractivity contribution in [2.45, 2.75) is 64.3 Å². The zero-order chi connectivity index (χ0) is 14.5. The van der Waals surface area contributed by atoms with Crippen molar-refractivity contribution >= 4 is 0 Å². The fourth-order valence-electron chi connectivity index (χ4n) is 3.13. The van der Waals surface area contributed by atoms with Gasteiger partial charge in [-0.3, -0.25) is 0 Å². The quantitative estimate of drug-likeness (QED) is 0.753. The average molecular weight is 269 g/mol. The highest BCUT2D eigenvalue weighted by Crippen LogP contribution is 2.48. The number of hydrogen-bond acceptors (Lipinski definition) is 4. The molecule has 4 nitrogen and oxygen atoms in total. The zero-order valence-electron chi connectivity index (χ0n) is 12.6. The number of nitriles is 1. The standard InChI is InChI=1S/C15H27NO3/c1-5-12-6-8-15(11-16,9-7-12)14(2,17)10-13(18-3)19-4/h12-13,17H,5-10H2,1-4H3. The first-order valence-corrected chi connectivity index (χ1v) is 7.14. The van der Waals surface area contributed by atoms with Gasteiger partial charge in [0.15, 0.2) is 6.29 Å². The SMILES string of the molecule is CCC1CCC(C#N)(C(C)(O)CC(OC)OC)CC1. The first kappa shape index (κ1) is 16.4. The van der Waals surface area contributed by atoms with Crippen molar-refractivity contribution in [3.05, 3.63) is 0 Å². The van der Waals surface area contributed by atoms with Gasteiger partial charge in [-0.25, -0.2) is 0 Å². The highest BCUT2D eigenvalue weighted by atomic mass is 16.7. The Labute approximate surface area is 116 Å². The molecule has 1 N–H and O–H groups in total. The molecule has 0 spiro atoms. The van der Waals surface area contributed by atoms with Crippen LogP contribution in [0.15, 0.2) is 0 Å². The van der Waals surface area contributed by atoms with Crippen molar-refractivity contribution in [2.75, 3.05) is 14.2 Å². The molecule has 0 heterocycles. The van der Waals surface area contributed by atoms with E-state index in [1.165, 1.54) is 0 Å². The lowest BCUT2D eigenvalue weighted by atomic mass is 9.61. The Bertz CT molecular complexity index is 310. The lowest BCUT2D eigenvalue weighted by Gasteiger charge is -2.45. The summed E-state index contributed by atoms with van der Waals surface area (Å²) in [5, 5.41) is 20.4. The molecule has 1 saturated carbocycles. The van der Waals surface area contributed by atoms with Crippen LogP contribution in [0.4, 0.5) is 0 Å². The van der Waals surface area contributed by atoms with Crippen molar-refractivity contribution in [3.8, 4) is 6.07 Å². The number of hydrogen-bond donors (Lipinski definition) is 1. The van der Waals surface area contributed by atoms with Crippen LogP contribution in [-0.2, 0) is 9.47 Å². The van der Waals surface area contributed by atoms with Gasteiger partial charge in [-0.2, -0.15) is 5.26 Å². The molecule has 0 amide bonds. The Morgan fingerprint density at radius 2 is 1.89 bits per heavy atom. The van der Waals surface area contributed by atoms with Crippen LogP contribution < -0.4 is 0 Å². The third kappa shape index (κ3) is 3.47. The summed E-state index contributed by atoms with van der Waals surface area (Å²) >= 11 is 0. The summed E-state index contributed by atoms with van der Waals surface area (Å²) in [6.45, 7) is 3.93. The Hall–Kier alpha value is -0.630. The number of nitrogens with zero attached hydrogens (tertiary/aromatic N) is 1. The fourth-order valence-corrected chi connectivity index (χ4v) is 3.13. The first-order valence-electron chi connectivity index (χ1n) is 7.14. The molecule has 1 aliphatic rings. The van der Waals surface area contributed by atoms with E-state index in [2.05, 4.69) is 13.0 Å². The topological polar surface area (TPSA) is 62.5 Å². The van der Waals surface area contributed by atoms with E-state index in [0.717, 1.165) is 32.1 Å². The summed E-state index contributed by atoms with van der Waals surface area (Å²) in [7, 11) is 3.11. The molecule has 1 rings (SSSR count). The maximum Gasteiger partial charge on any atom is 0.159 e. The second-order valence-electron chi connectivity index (χ2n) is 5.92. The van der Waals surface area contributed by atoms with E-state index in [4.69, 9.17) is 9.47 Å². The molecule has 4 heteroatoms.